The highest BCUT2D eigenvalue weighted by Crippen LogP contribution is 2.41. The molecule has 2 fully saturated rings. The zero-order valence-electron chi connectivity index (χ0n) is 19.2. The lowest BCUT2D eigenvalue weighted by atomic mass is 9.98. The normalized spacial score (nSPS) is 27.3. The number of likely N-dealkylation sites (tertiary alicyclic amines) is 1. The number of fused-ring (bicyclic) bond motifs is 1. The van der Waals surface area contributed by atoms with Crippen LogP contribution in [-0.4, -0.2) is 62.3 Å². The van der Waals surface area contributed by atoms with E-state index in [1.165, 1.54) is 4.90 Å². The number of hydrogen-bond acceptors (Lipinski definition) is 6. The van der Waals surface area contributed by atoms with Crippen LogP contribution in [0.5, 0.6) is 0 Å². The maximum absolute atomic E-state index is 15.8. The van der Waals surface area contributed by atoms with E-state index in [0.29, 0.717) is 30.8 Å². The molecule has 3 atom stereocenters. The molecule has 5 rings (SSSR count). The predicted octanol–water partition coefficient (Wildman–Crippen LogP) is 2.17. The van der Waals surface area contributed by atoms with Crippen molar-refractivity contribution in [3.05, 3.63) is 53.0 Å². The van der Waals surface area contributed by atoms with E-state index in [-0.39, 0.29) is 29.9 Å². The van der Waals surface area contributed by atoms with Crippen LogP contribution in [0.1, 0.15) is 60.6 Å². The second-order valence-corrected chi connectivity index (χ2v) is 9.75. The lowest BCUT2D eigenvalue weighted by molar-refractivity contribution is -0.137. The Hall–Kier alpha value is -3.17. The molecule has 0 spiro atoms. The molecular formula is C25H27FN4O4. The molecule has 0 radical (unpaired) electrons. The van der Waals surface area contributed by atoms with Crippen molar-refractivity contribution in [1.82, 2.24) is 20.1 Å². The summed E-state index contributed by atoms with van der Waals surface area (Å²) in [5, 5.41) is 12.5. The summed E-state index contributed by atoms with van der Waals surface area (Å²) in [5.74, 6) is -1.83. The van der Waals surface area contributed by atoms with Gasteiger partial charge >= 0.3 is 0 Å². The van der Waals surface area contributed by atoms with Crippen molar-refractivity contribution in [2.75, 3.05) is 13.1 Å². The Labute approximate surface area is 196 Å². The van der Waals surface area contributed by atoms with E-state index >= 15 is 4.39 Å². The number of β-amino-alcohol motifs (C(OH)–C–C–N with tert-alkyl or cyclic N) is 1. The van der Waals surface area contributed by atoms with Gasteiger partial charge in [0.15, 0.2) is 0 Å². The van der Waals surface area contributed by atoms with Crippen LogP contribution < -0.4 is 5.32 Å². The van der Waals surface area contributed by atoms with Gasteiger partial charge in [0.1, 0.15) is 11.9 Å². The molecule has 8 nitrogen and oxygen atoms in total. The number of rotatable bonds is 4. The quantitative estimate of drug-likeness (QED) is 0.670. The number of pyridine rings is 1. The molecule has 1 aromatic heterocycles. The molecule has 3 amide bonds. The van der Waals surface area contributed by atoms with Gasteiger partial charge in [-0.3, -0.25) is 29.6 Å². The SMILES string of the molecule is C[C@@H]1c2c(ccc(-c3cc(CN4CCC(C)(O)C4)ccn3)c2F)C(=O)N1[C@H]1CCC(=O)NC1=O. The third kappa shape index (κ3) is 3.88. The lowest BCUT2D eigenvalue weighted by Crippen LogP contribution is -2.53. The van der Waals surface area contributed by atoms with E-state index < -0.39 is 35.3 Å². The monoisotopic (exact) mass is 466 g/mol. The lowest BCUT2D eigenvalue weighted by Gasteiger charge is -2.32. The van der Waals surface area contributed by atoms with E-state index in [2.05, 4.69) is 15.2 Å². The largest absolute Gasteiger partial charge is 0.389 e. The Morgan fingerprint density at radius 1 is 1.24 bits per heavy atom. The molecule has 1 unspecified atom stereocenters. The molecule has 2 aromatic rings. The molecule has 0 aliphatic carbocycles. The average molecular weight is 467 g/mol. The summed E-state index contributed by atoms with van der Waals surface area (Å²) < 4.78 is 15.8. The molecule has 34 heavy (non-hydrogen) atoms. The van der Waals surface area contributed by atoms with Crippen LogP contribution in [0.15, 0.2) is 30.5 Å². The van der Waals surface area contributed by atoms with Gasteiger partial charge in [0.05, 0.1) is 17.3 Å². The first kappa shape index (κ1) is 22.6. The van der Waals surface area contributed by atoms with Crippen LogP contribution in [0.3, 0.4) is 0 Å². The van der Waals surface area contributed by atoms with Gasteiger partial charge in [-0.15, -0.1) is 0 Å². The number of nitrogens with zero attached hydrogens (tertiary/aromatic N) is 3. The van der Waals surface area contributed by atoms with Gasteiger partial charge in [0, 0.05) is 48.9 Å². The molecule has 4 heterocycles. The zero-order valence-corrected chi connectivity index (χ0v) is 19.2. The summed E-state index contributed by atoms with van der Waals surface area (Å²) in [6.45, 7) is 5.51. The third-order valence-corrected chi connectivity index (χ3v) is 7.06. The highest BCUT2D eigenvalue weighted by molar-refractivity contribution is 6.06. The maximum Gasteiger partial charge on any atom is 0.255 e. The number of aliphatic hydroxyl groups is 1. The first-order valence-corrected chi connectivity index (χ1v) is 11.5. The Morgan fingerprint density at radius 2 is 2.00 bits per heavy atom. The maximum atomic E-state index is 15.8. The molecule has 178 valence electrons. The van der Waals surface area contributed by atoms with E-state index in [1.807, 2.05) is 19.1 Å². The van der Waals surface area contributed by atoms with Crippen LogP contribution in [-0.2, 0) is 16.1 Å². The van der Waals surface area contributed by atoms with Crippen molar-refractivity contribution in [2.24, 2.45) is 0 Å². The van der Waals surface area contributed by atoms with Gasteiger partial charge in [0.25, 0.3) is 5.91 Å². The fourth-order valence-corrected chi connectivity index (χ4v) is 5.35. The standard InChI is InChI=1S/C25H27FN4O4/c1-14-21-17(24(33)30(14)19-5-6-20(31)28-23(19)32)4-3-16(22(21)26)18-11-15(7-9-27-18)12-29-10-8-25(2,34)13-29/h3-4,7,9,11,14,19,34H,5-6,8,10,12-13H2,1-2H3,(H,28,31,32)/t14-,19+,25?/m1/s1. The van der Waals surface area contributed by atoms with Crippen LogP contribution in [0.25, 0.3) is 11.3 Å². The Balaban J connectivity index is 1.43. The number of carbonyl (C=O) groups excluding carboxylic acids is 3. The van der Waals surface area contributed by atoms with Crippen LogP contribution in [0.2, 0.25) is 0 Å². The predicted molar refractivity (Wildman–Crippen MR) is 121 cm³/mol. The number of amides is 3. The van der Waals surface area contributed by atoms with Gasteiger partial charge in [-0.05, 0) is 56.5 Å². The number of piperidine rings is 1. The smallest absolute Gasteiger partial charge is 0.255 e. The average Bonchev–Trinajstić information content (AvgIpc) is 3.25. The topological polar surface area (TPSA) is 103 Å². The number of halogens is 1. The van der Waals surface area contributed by atoms with Crippen molar-refractivity contribution < 1.29 is 23.9 Å². The van der Waals surface area contributed by atoms with Crippen LogP contribution in [0.4, 0.5) is 4.39 Å². The molecule has 1 aromatic carbocycles. The summed E-state index contributed by atoms with van der Waals surface area (Å²) >= 11 is 0. The van der Waals surface area contributed by atoms with Crippen molar-refractivity contribution in [3.63, 3.8) is 0 Å². The number of hydrogen-bond donors (Lipinski definition) is 2. The first-order valence-electron chi connectivity index (χ1n) is 11.5. The summed E-state index contributed by atoms with van der Waals surface area (Å²) in [7, 11) is 0. The van der Waals surface area contributed by atoms with Crippen molar-refractivity contribution in [3.8, 4) is 11.3 Å². The van der Waals surface area contributed by atoms with Gasteiger partial charge < -0.3 is 10.0 Å². The highest BCUT2D eigenvalue weighted by atomic mass is 19.1. The van der Waals surface area contributed by atoms with Crippen LogP contribution >= 0.6 is 0 Å². The minimum absolute atomic E-state index is 0.139. The van der Waals surface area contributed by atoms with Crippen LogP contribution in [0, 0.1) is 5.82 Å². The number of nitrogens with one attached hydrogen (secondary N) is 1. The second-order valence-electron chi connectivity index (χ2n) is 9.75. The van der Waals surface area contributed by atoms with Crippen molar-refractivity contribution in [1.29, 1.82) is 0 Å². The minimum atomic E-state index is -0.811. The van der Waals surface area contributed by atoms with Crippen molar-refractivity contribution in [2.45, 2.75) is 57.3 Å². The minimum Gasteiger partial charge on any atom is -0.389 e. The zero-order chi connectivity index (χ0) is 24.2. The Kier molecular flexibility index (Phi) is 5.49. The summed E-state index contributed by atoms with van der Waals surface area (Å²) in [5.41, 5.74) is 1.49. The summed E-state index contributed by atoms with van der Waals surface area (Å²) in [6, 6.07) is 5.39. The Morgan fingerprint density at radius 3 is 2.71 bits per heavy atom. The number of imide groups is 1. The fraction of sp³-hybridized carbons (Fsp3) is 0.440. The van der Waals surface area contributed by atoms with Gasteiger partial charge in [-0.1, -0.05) is 0 Å². The van der Waals surface area contributed by atoms with E-state index in [4.69, 9.17) is 0 Å². The summed E-state index contributed by atoms with van der Waals surface area (Å²) in [4.78, 5) is 44.9. The van der Waals surface area contributed by atoms with Crippen molar-refractivity contribution >= 4 is 17.7 Å². The van der Waals surface area contributed by atoms with E-state index in [9.17, 15) is 19.5 Å². The fourth-order valence-electron chi connectivity index (χ4n) is 5.35. The number of aromatic nitrogens is 1. The van der Waals surface area contributed by atoms with Gasteiger partial charge in [-0.25, -0.2) is 4.39 Å². The first-order chi connectivity index (χ1) is 16.1. The molecule has 0 bridgehead atoms. The molecule has 2 saturated heterocycles. The second kappa shape index (κ2) is 8.25. The number of carbonyl (C=O) groups is 3. The van der Waals surface area contributed by atoms with E-state index in [0.717, 1.165) is 12.1 Å². The molecule has 3 aliphatic rings. The van der Waals surface area contributed by atoms with Gasteiger partial charge in [0.2, 0.25) is 11.8 Å². The highest BCUT2D eigenvalue weighted by Gasteiger charge is 2.44. The summed E-state index contributed by atoms with van der Waals surface area (Å²) in [6.07, 6.45) is 2.70. The van der Waals surface area contributed by atoms with E-state index in [1.54, 1.807) is 25.3 Å². The van der Waals surface area contributed by atoms with Gasteiger partial charge in [-0.2, -0.15) is 0 Å². The molecule has 0 saturated carbocycles. The molecule has 2 N–H and O–H groups in total. The Bertz CT molecular complexity index is 1200. The number of benzene rings is 1. The third-order valence-electron chi connectivity index (χ3n) is 7.06. The molecular weight excluding hydrogens is 439 g/mol. The molecule has 3 aliphatic heterocycles. The molecule has 9 heteroatoms.